The summed E-state index contributed by atoms with van der Waals surface area (Å²) in [5, 5.41) is 6.33. The van der Waals surface area contributed by atoms with E-state index in [9.17, 15) is 9.59 Å². The highest BCUT2D eigenvalue weighted by Crippen LogP contribution is 2.22. The fourth-order valence-corrected chi connectivity index (χ4v) is 5.08. The summed E-state index contributed by atoms with van der Waals surface area (Å²) >= 11 is 1.25. The van der Waals surface area contributed by atoms with E-state index in [0.717, 1.165) is 23.8 Å². The molecule has 5 rings (SSSR count). The van der Waals surface area contributed by atoms with Crippen LogP contribution in [0, 0.1) is 0 Å². The molecular formula is C26H26N4O3S. The van der Waals surface area contributed by atoms with Gasteiger partial charge in [0.1, 0.15) is 0 Å². The van der Waals surface area contributed by atoms with Gasteiger partial charge in [0, 0.05) is 12.8 Å². The number of amides is 1. The van der Waals surface area contributed by atoms with Gasteiger partial charge in [-0.2, -0.15) is 0 Å². The Morgan fingerprint density at radius 2 is 2.06 bits per heavy atom. The molecule has 0 saturated carbocycles. The second kappa shape index (κ2) is 9.95. The molecule has 0 spiro atoms. The van der Waals surface area contributed by atoms with Crippen LogP contribution in [0.4, 0.5) is 0 Å². The molecule has 34 heavy (non-hydrogen) atoms. The molecule has 1 saturated heterocycles. The SMILES string of the molecule is C[C@@H](NC(=O)CSc1nc2ncccc2c(=O)n1C[C@@H]1CCCO1)c1ccc2ccccc2c1. The number of aromatic nitrogens is 3. The van der Waals surface area contributed by atoms with Crippen molar-refractivity contribution < 1.29 is 9.53 Å². The summed E-state index contributed by atoms with van der Waals surface area (Å²) in [5.41, 5.74) is 1.28. The second-order valence-electron chi connectivity index (χ2n) is 8.50. The molecule has 1 N–H and O–H groups in total. The zero-order valence-electron chi connectivity index (χ0n) is 18.9. The topological polar surface area (TPSA) is 86.1 Å². The van der Waals surface area contributed by atoms with Crippen LogP contribution in [-0.2, 0) is 16.1 Å². The van der Waals surface area contributed by atoms with E-state index in [1.165, 1.54) is 17.1 Å². The summed E-state index contributed by atoms with van der Waals surface area (Å²) in [5.74, 6) is 0.0264. The lowest BCUT2D eigenvalue weighted by Gasteiger charge is -2.17. The number of rotatable bonds is 7. The number of fused-ring (bicyclic) bond motifs is 2. The first kappa shape index (κ1) is 22.6. The minimum absolute atomic E-state index is 0.0188. The Labute approximate surface area is 201 Å². The van der Waals surface area contributed by atoms with E-state index in [1.54, 1.807) is 22.9 Å². The number of carbonyl (C=O) groups excluding carboxylic acids is 1. The van der Waals surface area contributed by atoms with Crippen LogP contribution in [-0.4, -0.2) is 38.9 Å². The third kappa shape index (κ3) is 4.83. The van der Waals surface area contributed by atoms with Gasteiger partial charge < -0.3 is 10.1 Å². The molecule has 4 aromatic rings. The number of nitrogens with zero attached hydrogens (tertiary/aromatic N) is 3. The summed E-state index contributed by atoms with van der Waals surface area (Å²) in [4.78, 5) is 34.8. The molecule has 1 aliphatic rings. The zero-order chi connectivity index (χ0) is 23.5. The van der Waals surface area contributed by atoms with Gasteiger partial charge in [-0.3, -0.25) is 14.2 Å². The third-order valence-electron chi connectivity index (χ3n) is 6.09. The van der Waals surface area contributed by atoms with E-state index >= 15 is 0 Å². The van der Waals surface area contributed by atoms with Crippen molar-refractivity contribution in [1.29, 1.82) is 0 Å². The lowest BCUT2D eigenvalue weighted by atomic mass is 10.0. The number of hydrogen-bond donors (Lipinski definition) is 1. The lowest BCUT2D eigenvalue weighted by Crippen LogP contribution is -2.31. The fraction of sp³-hybridized carbons (Fsp3) is 0.308. The van der Waals surface area contributed by atoms with Crippen molar-refractivity contribution in [3.63, 3.8) is 0 Å². The van der Waals surface area contributed by atoms with Gasteiger partial charge in [-0.1, -0.05) is 48.2 Å². The fourth-order valence-electron chi connectivity index (χ4n) is 4.27. The van der Waals surface area contributed by atoms with Crippen LogP contribution in [0.1, 0.15) is 31.4 Å². The van der Waals surface area contributed by atoms with Crippen LogP contribution >= 0.6 is 11.8 Å². The maximum Gasteiger partial charge on any atom is 0.263 e. The molecular weight excluding hydrogens is 448 g/mol. The normalized spacial score (nSPS) is 16.7. The van der Waals surface area contributed by atoms with Crippen molar-refractivity contribution in [2.45, 2.75) is 43.6 Å². The minimum Gasteiger partial charge on any atom is -0.376 e. The van der Waals surface area contributed by atoms with E-state index in [2.05, 4.69) is 39.6 Å². The molecule has 8 heteroatoms. The predicted molar refractivity (Wildman–Crippen MR) is 134 cm³/mol. The number of nitrogens with one attached hydrogen (secondary N) is 1. The van der Waals surface area contributed by atoms with Crippen molar-refractivity contribution in [3.05, 3.63) is 76.7 Å². The molecule has 2 aromatic carbocycles. The molecule has 3 heterocycles. The van der Waals surface area contributed by atoms with Gasteiger partial charge in [-0.05, 0) is 54.3 Å². The first-order valence-electron chi connectivity index (χ1n) is 11.5. The molecule has 7 nitrogen and oxygen atoms in total. The summed E-state index contributed by atoms with van der Waals surface area (Å²) in [6, 6.07) is 17.7. The van der Waals surface area contributed by atoms with E-state index in [4.69, 9.17) is 4.74 Å². The number of hydrogen-bond acceptors (Lipinski definition) is 6. The van der Waals surface area contributed by atoms with Crippen molar-refractivity contribution in [2.24, 2.45) is 0 Å². The van der Waals surface area contributed by atoms with Crippen LogP contribution in [0.2, 0.25) is 0 Å². The molecule has 0 aliphatic carbocycles. The van der Waals surface area contributed by atoms with Crippen molar-refractivity contribution in [2.75, 3.05) is 12.4 Å². The van der Waals surface area contributed by atoms with Crippen LogP contribution in [0.5, 0.6) is 0 Å². The molecule has 0 radical (unpaired) electrons. The van der Waals surface area contributed by atoms with E-state index in [0.29, 0.717) is 29.3 Å². The first-order chi connectivity index (χ1) is 16.6. The standard InChI is InChI=1S/C26H26N4O3S/c1-17(19-11-10-18-6-2-3-7-20(18)14-19)28-23(31)16-34-26-29-24-22(9-4-12-27-24)25(32)30(26)15-21-8-5-13-33-21/h2-4,6-7,9-12,14,17,21H,5,8,13,15-16H2,1H3,(H,28,31)/t17-,21+/m1/s1. The molecule has 1 aliphatic heterocycles. The quantitative estimate of drug-likeness (QED) is 0.321. The van der Waals surface area contributed by atoms with Gasteiger partial charge in [0.25, 0.3) is 5.56 Å². The van der Waals surface area contributed by atoms with Gasteiger partial charge >= 0.3 is 0 Å². The number of pyridine rings is 1. The lowest BCUT2D eigenvalue weighted by molar-refractivity contribution is -0.119. The van der Waals surface area contributed by atoms with Gasteiger partial charge in [0.05, 0.1) is 29.8 Å². The molecule has 1 fully saturated rings. The van der Waals surface area contributed by atoms with Gasteiger partial charge in [-0.25, -0.2) is 9.97 Å². The van der Waals surface area contributed by atoms with E-state index in [1.807, 2.05) is 25.1 Å². The predicted octanol–water partition coefficient (Wildman–Crippen LogP) is 4.09. The molecule has 2 aromatic heterocycles. The van der Waals surface area contributed by atoms with Crippen molar-refractivity contribution >= 4 is 39.5 Å². The van der Waals surface area contributed by atoms with Crippen LogP contribution in [0.15, 0.2) is 70.7 Å². The Bertz CT molecular complexity index is 1400. The van der Waals surface area contributed by atoms with E-state index in [-0.39, 0.29) is 29.4 Å². The summed E-state index contributed by atoms with van der Waals surface area (Å²) in [6.45, 7) is 3.10. The zero-order valence-corrected chi connectivity index (χ0v) is 19.8. The molecule has 0 bridgehead atoms. The maximum absolute atomic E-state index is 13.2. The Hall–Kier alpha value is -3.23. The monoisotopic (exact) mass is 474 g/mol. The van der Waals surface area contributed by atoms with E-state index < -0.39 is 0 Å². The average molecular weight is 475 g/mol. The number of thioether (sulfide) groups is 1. The number of benzene rings is 2. The Morgan fingerprint density at radius 3 is 2.88 bits per heavy atom. The van der Waals surface area contributed by atoms with Crippen molar-refractivity contribution in [3.8, 4) is 0 Å². The highest BCUT2D eigenvalue weighted by Gasteiger charge is 2.21. The molecule has 2 atom stereocenters. The van der Waals surface area contributed by atoms with Gasteiger partial charge in [0.2, 0.25) is 5.91 Å². The Morgan fingerprint density at radius 1 is 1.21 bits per heavy atom. The third-order valence-corrected chi connectivity index (χ3v) is 7.06. The maximum atomic E-state index is 13.2. The van der Waals surface area contributed by atoms with Gasteiger partial charge in [0.15, 0.2) is 10.8 Å². The van der Waals surface area contributed by atoms with Crippen LogP contribution < -0.4 is 10.9 Å². The van der Waals surface area contributed by atoms with Crippen molar-refractivity contribution in [1.82, 2.24) is 19.9 Å². The molecule has 0 unspecified atom stereocenters. The van der Waals surface area contributed by atoms with Crippen LogP contribution in [0.3, 0.4) is 0 Å². The first-order valence-corrected chi connectivity index (χ1v) is 12.4. The smallest absolute Gasteiger partial charge is 0.263 e. The molecule has 1 amide bonds. The second-order valence-corrected chi connectivity index (χ2v) is 9.45. The largest absolute Gasteiger partial charge is 0.376 e. The minimum atomic E-state index is -0.152. The Kier molecular flexibility index (Phi) is 6.60. The summed E-state index contributed by atoms with van der Waals surface area (Å²) in [6.07, 6.45) is 3.49. The van der Waals surface area contributed by atoms with Gasteiger partial charge in [-0.15, -0.1) is 0 Å². The summed E-state index contributed by atoms with van der Waals surface area (Å²) in [7, 11) is 0. The highest BCUT2D eigenvalue weighted by atomic mass is 32.2. The molecule has 174 valence electrons. The number of carbonyl (C=O) groups is 1. The summed E-state index contributed by atoms with van der Waals surface area (Å²) < 4.78 is 7.37. The highest BCUT2D eigenvalue weighted by molar-refractivity contribution is 7.99. The average Bonchev–Trinajstić information content (AvgIpc) is 3.38. The van der Waals surface area contributed by atoms with Crippen LogP contribution in [0.25, 0.3) is 21.8 Å². The number of ether oxygens (including phenoxy) is 1. The Balaban J connectivity index is 1.32.